The van der Waals surface area contributed by atoms with Crippen LogP contribution in [0.3, 0.4) is 0 Å². The minimum atomic E-state index is -0.0556. The highest BCUT2D eigenvalue weighted by atomic mass is 16.1. The largest absolute Gasteiger partial charge is 0.352 e. The van der Waals surface area contributed by atoms with Crippen LogP contribution in [0.5, 0.6) is 0 Å². The fourth-order valence-electron chi connectivity index (χ4n) is 3.13. The zero-order chi connectivity index (χ0) is 14.8. The second-order valence-electron chi connectivity index (χ2n) is 6.48. The van der Waals surface area contributed by atoms with E-state index in [0.29, 0.717) is 12.5 Å². The topological polar surface area (TPSA) is 68.0 Å². The van der Waals surface area contributed by atoms with Gasteiger partial charge in [0.1, 0.15) is 0 Å². The fraction of sp³-hybridized carbons (Fsp3) is 0.625. The third kappa shape index (κ3) is 3.01. The first kappa shape index (κ1) is 15.0. The lowest BCUT2D eigenvalue weighted by atomic mass is 9.61. The summed E-state index contributed by atoms with van der Waals surface area (Å²) in [5.41, 5.74) is 7.16. The summed E-state index contributed by atoms with van der Waals surface area (Å²) >= 11 is 0. The van der Waals surface area contributed by atoms with E-state index in [1.165, 1.54) is 0 Å². The number of hydrogen-bond donors (Lipinski definition) is 2. The number of amides is 1. The summed E-state index contributed by atoms with van der Waals surface area (Å²) < 4.78 is 0. The number of hydrogen-bond acceptors (Lipinski definition) is 3. The Morgan fingerprint density at radius 2 is 2.05 bits per heavy atom. The number of nitrogens with two attached hydrogens (primary N) is 1. The predicted molar refractivity (Wildman–Crippen MR) is 79.7 cm³/mol. The van der Waals surface area contributed by atoms with Crippen molar-refractivity contribution in [3.8, 4) is 0 Å². The van der Waals surface area contributed by atoms with Crippen molar-refractivity contribution in [1.29, 1.82) is 0 Å². The van der Waals surface area contributed by atoms with Crippen molar-refractivity contribution in [3.63, 3.8) is 0 Å². The van der Waals surface area contributed by atoms with E-state index < -0.39 is 0 Å². The summed E-state index contributed by atoms with van der Waals surface area (Å²) in [6.07, 6.45) is 5.29. The molecule has 0 radical (unpaired) electrons. The van der Waals surface area contributed by atoms with Crippen molar-refractivity contribution >= 4 is 5.91 Å². The van der Waals surface area contributed by atoms with Gasteiger partial charge in [0.15, 0.2) is 0 Å². The molecule has 0 aromatic carbocycles. The maximum atomic E-state index is 12.5. The Bertz CT molecular complexity index is 458. The van der Waals surface area contributed by atoms with Crippen molar-refractivity contribution in [1.82, 2.24) is 10.3 Å². The lowest BCUT2D eigenvalue weighted by molar-refractivity contribution is -0.132. The molecule has 0 spiro atoms. The molecule has 1 saturated carbocycles. The molecular weight excluding hydrogens is 250 g/mol. The molecule has 0 aliphatic heterocycles. The Balaban J connectivity index is 1.98. The van der Waals surface area contributed by atoms with Gasteiger partial charge in [-0.25, -0.2) is 0 Å². The van der Waals surface area contributed by atoms with Crippen molar-refractivity contribution < 1.29 is 4.79 Å². The summed E-state index contributed by atoms with van der Waals surface area (Å²) in [7, 11) is 0. The Hall–Kier alpha value is -1.42. The normalized spacial score (nSPS) is 28.9. The molecule has 1 heterocycles. The van der Waals surface area contributed by atoms with E-state index in [2.05, 4.69) is 31.1 Å². The number of carbonyl (C=O) groups excluding carboxylic acids is 1. The Kier molecular flexibility index (Phi) is 4.43. The lowest BCUT2D eigenvalue weighted by Gasteiger charge is -2.46. The van der Waals surface area contributed by atoms with Crippen LogP contribution < -0.4 is 11.1 Å². The molecule has 0 bridgehead atoms. The van der Waals surface area contributed by atoms with Crippen LogP contribution in [0.2, 0.25) is 0 Å². The summed E-state index contributed by atoms with van der Waals surface area (Å²) in [5, 5.41) is 3.05. The first-order valence-electron chi connectivity index (χ1n) is 7.35. The molecule has 3 atom stereocenters. The van der Waals surface area contributed by atoms with E-state index in [0.717, 1.165) is 18.4 Å². The molecule has 1 aromatic heterocycles. The Labute approximate surface area is 121 Å². The quantitative estimate of drug-likeness (QED) is 0.887. The molecule has 20 heavy (non-hydrogen) atoms. The molecule has 1 fully saturated rings. The average Bonchev–Trinajstić information content (AvgIpc) is 2.43. The number of carbonyl (C=O) groups is 1. The standard InChI is InChI=1S/C16H25N3O/c1-11-14(17)5-4-13(16(11,2)3)15(20)19-10-12-6-8-18-9-7-12/h6-9,11,13-14H,4-5,10,17H2,1-3H3,(H,19,20). The smallest absolute Gasteiger partial charge is 0.223 e. The van der Waals surface area contributed by atoms with Crippen LogP contribution in [0, 0.1) is 17.3 Å². The summed E-state index contributed by atoms with van der Waals surface area (Å²) in [5.74, 6) is 0.539. The molecule has 4 nitrogen and oxygen atoms in total. The van der Waals surface area contributed by atoms with Gasteiger partial charge in [-0.1, -0.05) is 20.8 Å². The van der Waals surface area contributed by atoms with Crippen LogP contribution in [0.15, 0.2) is 24.5 Å². The molecule has 3 unspecified atom stereocenters. The molecule has 1 aliphatic rings. The van der Waals surface area contributed by atoms with Gasteiger partial charge in [-0.15, -0.1) is 0 Å². The SMILES string of the molecule is CC1C(N)CCC(C(=O)NCc2ccncc2)C1(C)C. The summed E-state index contributed by atoms with van der Waals surface area (Å²) in [6.45, 7) is 7.04. The lowest BCUT2D eigenvalue weighted by Crippen LogP contribution is -2.51. The predicted octanol–water partition coefficient (Wildman–Crippen LogP) is 2.10. The number of nitrogens with one attached hydrogen (secondary N) is 1. The van der Waals surface area contributed by atoms with Gasteiger partial charge in [0.05, 0.1) is 0 Å². The molecule has 1 aromatic rings. The monoisotopic (exact) mass is 275 g/mol. The maximum Gasteiger partial charge on any atom is 0.223 e. The highest BCUT2D eigenvalue weighted by Crippen LogP contribution is 2.44. The minimum absolute atomic E-state index is 0.0409. The fourth-order valence-corrected chi connectivity index (χ4v) is 3.13. The van der Waals surface area contributed by atoms with Gasteiger partial charge in [-0.2, -0.15) is 0 Å². The highest BCUT2D eigenvalue weighted by molar-refractivity contribution is 5.79. The van der Waals surface area contributed by atoms with Gasteiger partial charge in [0, 0.05) is 30.9 Å². The van der Waals surface area contributed by atoms with Crippen LogP contribution in [0.4, 0.5) is 0 Å². The number of aromatic nitrogens is 1. The van der Waals surface area contributed by atoms with Crippen LogP contribution in [0.1, 0.15) is 39.2 Å². The van der Waals surface area contributed by atoms with Crippen LogP contribution in [0.25, 0.3) is 0 Å². The molecule has 0 saturated heterocycles. The summed E-state index contributed by atoms with van der Waals surface area (Å²) in [4.78, 5) is 16.4. The third-order valence-corrected chi connectivity index (χ3v) is 5.04. The first-order valence-corrected chi connectivity index (χ1v) is 7.35. The number of pyridine rings is 1. The maximum absolute atomic E-state index is 12.5. The molecule has 3 N–H and O–H groups in total. The van der Waals surface area contributed by atoms with Gasteiger partial charge < -0.3 is 11.1 Å². The van der Waals surface area contributed by atoms with E-state index in [4.69, 9.17) is 5.73 Å². The van der Waals surface area contributed by atoms with Crippen LogP contribution in [-0.2, 0) is 11.3 Å². The second kappa shape index (κ2) is 5.92. The Morgan fingerprint density at radius 1 is 1.40 bits per heavy atom. The van der Waals surface area contributed by atoms with Gasteiger partial charge in [-0.05, 0) is 41.9 Å². The van der Waals surface area contributed by atoms with Crippen molar-refractivity contribution in [2.45, 2.75) is 46.2 Å². The Morgan fingerprint density at radius 3 is 2.70 bits per heavy atom. The van der Waals surface area contributed by atoms with Gasteiger partial charge >= 0.3 is 0 Å². The molecule has 4 heteroatoms. The first-order chi connectivity index (χ1) is 9.43. The minimum Gasteiger partial charge on any atom is -0.352 e. The van der Waals surface area contributed by atoms with Gasteiger partial charge in [-0.3, -0.25) is 9.78 Å². The van der Waals surface area contributed by atoms with Crippen LogP contribution >= 0.6 is 0 Å². The van der Waals surface area contributed by atoms with E-state index in [-0.39, 0.29) is 23.3 Å². The highest BCUT2D eigenvalue weighted by Gasteiger charge is 2.44. The van der Waals surface area contributed by atoms with Gasteiger partial charge in [0.25, 0.3) is 0 Å². The average molecular weight is 275 g/mol. The third-order valence-electron chi connectivity index (χ3n) is 5.04. The van der Waals surface area contributed by atoms with Crippen molar-refractivity contribution in [2.24, 2.45) is 23.0 Å². The molecule has 1 amide bonds. The number of nitrogens with zero attached hydrogens (tertiary/aromatic N) is 1. The van der Waals surface area contributed by atoms with E-state index in [9.17, 15) is 4.79 Å². The van der Waals surface area contributed by atoms with Gasteiger partial charge in [0.2, 0.25) is 5.91 Å². The van der Waals surface area contributed by atoms with E-state index in [1.54, 1.807) is 12.4 Å². The molecular formula is C16H25N3O. The summed E-state index contributed by atoms with van der Waals surface area (Å²) in [6, 6.07) is 4.05. The molecule has 1 aliphatic carbocycles. The molecule has 110 valence electrons. The van der Waals surface area contributed by atoms with E-state index >= 15 is 0 Å². The van der Waals surface area contributed by atoms with Crippen molar-refractivity contribution in [3.05, 3.63) is 30.1 Å². The van der Waals surface area contributed by atoms with E-state index in [1.807, 2.05) is 12.1 Å². The second-order valence-corrected chi connectivity index (χ2v) is 6.48. The zero-order valence-electron chi connectivity index (χ0n) is 12.6. The van der Waals surface area contributed by atoms with Crippen LogP contribution in [-0.4, -0.2) is 16.9 Å². The number of rotatable bonds is 3. The van der Waals surface area contributed by atoms with Crippen molar-refractivity contribution in [2.75, 3.05) is 0 Å². The zero-order valence-corrected chi connectivity index (χ0v) is 12.6. The molecule has 2 rings (SSSR count).